The Labute approximate surface area is 126 Å². The highest BCUT2D eigenvalue weighted by Crippen LogP contribution is 2.30. The van der Waals surface area contributed by atoms with E-state index >= 15 is 0 Å². The molecular weight excluding hydrogens is 285 g/mol. The van der Waals surface area contributed by atoms with Crippen LogP contribution in [-0.4, -0.2) is 28.4 Å². The molecule has 0 aliphatic heterocycles. The summed E-state index contributed by atoms with van der Waals surface area (Å²) >= 11 is 0. The summed E-state index contributed by atoms with van der Waals surface area (Å²) in [5.41, 5.74) is 1.18. The van der Waals surface area contributed by atoms with Gasteiger partial charge in [0.05, 0.1) is 7.11 Å². The van der Waals surface area contributed by atoms with E-state index in [9.17, 15) is 9.18 Å². The van der Waals surface area contributed by atoms with Crippen LogP contribution in [0.3, 0.4) is 0 Å². The number of hydrogen-bond donors (Lipinski definition) is 0. The molecule has 0 N–H and O–H groups in total. The fraction of sp³-hybridized carbons (Fsp3) is 0.0625. The lowest BCUT2D eigenvalue weighted by Crippen LogP contribution is -2.03. The molecule has 0 unspecified atom stereocenters. The molecule has 0 saturated heterocycles. The number of carbonyl (C=O) groups excluding carboxylic acids is 1. The Kier molecular flexibility index (Phi) is 3.65. The maximum atomic E-state index is 14.1. The third kappa shape index (κ3) is 2.24. The van der Waals surface area contributed by atoms with E-state index in [0.29, 0.717) is 17.7 Å². The Morgan fingerprint density at radius 2 is 1.86 bits per heavy atom. The lowest BCUT2D eigenvalue weighted by molar-refractivity contribution is 0.111. The van der Waals surface area contributed by atoms with Crippen molar-refractivity contribution in [3.05, 3.63) is 60.0 Å². The summed E-state index contributed by atoms with van der Waals surface area (Å²) < 4.78 is 20.8. The molecule has 1 aromatic heterocycles. The van der Waals surface area contributed by atoms with E-state index < -0.39 is 5.82 Å². The maximum absolute atomic E-state index is 14.1. The minimum Gasteiger partial charge on any atom is -0.494 e. The zero-order valence-electron chi connectivity index (χ0n) is 11.7. The van der Waals surface area contributed by atoms with Crippen LogP contribution in [0, 0.1) is 5.82 Å². The zero-order valence-corrected chi connectivity index (χ0v) is 11.7. The highest BCUT2D eigenvalue weighted by Gasteiger charge is 2.20. The topological polar surface area (TPSA) is 57.0 Å². The van der Waals surface area contributed by atoms with Crippen molar-refractivity contribution in [2.75, 3.05) is 7.11 Å². The summed E-state index contributed by atoms with van der Waals surface area (Å²) in [7, 11) is 1.53. The van der Waals surface area contributed by atoms with E-state index in [2.05, 4.69) is 10.3 Å². The number of benzene rings is 2. The smallest absolute Gasteiger partial charge is 0.172 e. The van der Waals surface area contributed by atoms with E-state index in [1.54, 1.807) is 36.4 Å². The second-order valence-corrected chi connectivity index (χ2v) is 4.50. The van der Waals surface area contributed by atoms with Gasteiger partial charge in [0.2, 0.25) is 0 Å². The normalized spacial score (nSPS) is 10.5. The van der Waals surface area contributed by atoms with Gasteiger partial charge >= 0.3 is 0 Å². The molecule has 22 heavy (non-hydrogen) atoms. The van der Waals surface area contributed by atoms with E-state index in [1.807, 2.05) is 6.07 Å². The fourth-order valence-corrected chi connectivity index (χ4v) is 2.25. The molecule has 0 radical (unpaired) electrons. The molecule has 2 aromatic carbocycles. The van der Waals surface area contributed by atoms with Gasteiger partial charge in [-0.15, -0.1) is 5.10 Å². The number of halogens is 1. The molecule has 0 saturated carbocycles. The Hall–Kier alpha value is -3.02. The summed E-state index contributed by atoms with van der Waals surface area (Å²) in [6.45, 7) is 0. The third-order valence-electron chi connectivity index (χ3n) is 3.25. The van der Waals surface area contributed by atoms with Gasteiger partial charge < -0.3 is 4.74 Å². The summed E-state index contributed by atoms with van der Waals surface area (Å²) in [6.07, 6.45) is 0.556. The van der Waals surface area contributed by atoms with E-state index in [4.69, 9.17) is 4.74 Å². The number of ether oxygens (including phenoxy) is 1. The molecule has 0 atom stereocenters. The minimum absolute atomic E-state index is 0.0657. The summed E-state index contributed by atoms with van der Waals surface area (Å²) in [5, 5.41) is 7.80. The van der Waals surface area contributed by atoms with Crippen molar-refractivity contribution < 1.29 is 13.9 Å². The van der Waals surface area contributed by atoms with Crippen molar-refractivity contribution in [1.29, 1.82) is 0 Å². The van der Waals surface area contributed by atoms with Crippen molar-refractivity contribution in [2.24, 2.45) is 0 Å². The zero-order chi connectivity index (χ0) is 15.5. The van der Waals surface area contributed by atoms with Gasteiger partial charge in [-0.25, -0.2) is 9.07 Å². The van der Waals surface area contributed by atoms with Crippen LogP contribution in [0.4, 0.5) is 4.39 Å². The average molecular weight is 297 g/mol. The number of rotatable bonds is 4. The summed E-state index contributed by atoms with van der Waals surface area (Å²) in [5.74, 6) is 0.0893. The number of nitrogens with zero attached hydrogens (tertiary/aromatic N) is 3. The van der Waals surface area contributed by atoms with Crippen LogP contribution in [-0.2, 0) is 0 Å². The quantitative estimate of drug-likeness (QED) is 0.695. The van der Waals surface area contributed by atoms with Crippen LogP contribution in [0.2, 0.25) is 0 Å². The molecule has 0 aliphatic carbocycles. The number of hydrogen-bond acceptors (Lipinski definition) is 4. The van der Waals surface area contributed by atoms with Crippen LogP contribution >= 0.6 is 0 Å². The molecule has 0 amide bonds. The minimum atomic E-state index is -0.455. The maximum Gasteiger partial charge on any atom is 0.172 e. The fourth-order valence-electron chi connectivity index (χ4n) is 2.25. The van der Waals surface area contributed by atoms with Crippen molar-refractivity contribution in [3.8, 4) is 22.7 Å². The second-order valence-electron chi connectivity index (χ2n) is 4.50. The number of carbonyl (C=O) groups is 1. The molecule has 3 aromatic rings. The molecule has 1 heterocycles. The van der Waals surface area contributed by atoms with Gasteiger partial charge in [-0.2, -0.15) is 0 Å². The van der Waals surface area contributed by atoms with Gasteiger partial charge in [-0.05, 0) is 24.3 Å². The molecule has 110 valence electrons. The number of aromatic nitrogens is 3. The standard InChI is InChI=1S/C16H12FN3O2/c1-22-15-9-5-4-8-14(15)20-16(13(10-21)18-19-20)11-6-2-3-7-12(11)17/h2-10H,1H3. The average Bonchev–Trinajstić information content (AvgIpc) is 2.98. The first-order valence-electron chi connectivity index (χ1n) is 6.55. The van der Waals surface area contributed by atoms with E-state index in [-0.39, 0.29) is 17.0 Å². The van der Waals surface area contributed by atoms with Gasteiger partial charge in [0.1, 0.15) is 22.9 Å². The lowest BCUT2D eigenvalue weighted by atomic mass is 10.1. The number of aldehydes is 1. The Morgan fingerprint density at radius 1 is 1.14 bits per heavy atom. The first kappa shape index (κ1) is 13.9. The van der Waals surface area contributed by atoms with Crippen LogP contribution in [0.5, 0.6) is 5.75 Å². The van der Waals surface area contributed by atoms with Crippen LogP contribution in [0.1, 0.15) is 10.5 Å². The van der Waals surface area contributed by atoms with Gasteiger partial charge in [0.25, 0.3) is 0 Å². The molecule has 0 fully saturated rings. The lowest BCUT2D eigenvalue weighted by Gasteiger charge is -2.11. The Bertz CT molecular complexity index is 830. The van der Waals surface area contributed by atoms with Crippen molar-refractivity contribution in [3.63, 3.8) is 0 Å². The molecule has 0 spiro atoms. The van der Waals surface area contributed by atoms with E-state index in [1.165, 1.54) is 17.9 Å². The van der Waals surface area contributed by atoms with Gasteiger partial charge in [0, 0.05) is 5.56 Å². The first-order chi connectivity index (χ1) is 10.8. The Balaban J connectivity index is 2.29. The highest BCUT2D eigenvalue weighted by molar-refractivity contribution is 5.84. The van der Waals surface area contributed by atoms with E-state index in [0.717, 1.165) is 0 Å². The SMILES string of the molecule is COc1ccccc1-n1nnc(C=O)c1-c1ccccc1F. The summed E-state index contributed by atoms with van der Waals surface area (Å²) in [6, 6.07) is 13.3. The molecule has 3 rings (SSSR count). The van der Waals surface area contributed by atoms with Crippen molar-refractivity contribution >= 4 is 6.29 Å². The largest absolute Gasteiger partial charge is 0.494 e. The first-order valence-corrected chi connectivity index (χ1v) is 6.55. The second kappa shape index (κ2) is 5.77. The monoisotopic (exact) mass is 297 g/mol. The van der Waals surface area contributed by atoms with Gasteiger partial charge in [0.15, 0.2) is 12.0 Å². The summed E-state index contributed by atoms with van der Waals surface area (Å²) in [4.78, 5) is 11.2. The van der Waals surface area contributed by atoms with Crippen LogP contribution in [0.15, 0.2) is 48.5 Å². The number of methoxy groups -OCH3 is 1. The Morgan fingerprint density at radius 3 is 2.59 bits per heavy atom. The highest BCUT2D eigenvalue weighted by atomic mass is 19.1. The van der Waals surface area contributed by atoms with Gasteiger partial charge in [-0.3, -0.25) is 4.79 Å². The predicted octanol–water partition coefficient (Wildman–Crippen LogP) is 2.89. The predicted molar refractivity (Wildman–Crippen MR) is 78.7 cm³/mol. The number of para-hydroxylation sites is 2. The molecule has 0 aliphatic rings. The molecule has 5 nitrogen and oxygen atoms in total. The van der Waals surface area contributed by atoms with Gasteiger partial charge in [-0.1, -0.05) is 29.5 Å². The molecule has 0 bridgehead atoms. The van der Waals surface area contributed by atoms with Crippen LogP contribution in [0.25, 0.3) is 16.9 Å². The molecular formula is C16H12FN3O2. The molecule has 6 heteroatoms. The van der Waals surface area contributed by atoms with Crippen molar-refractivity contribution in [2.45, 2.75) is 0 Å². The van der Waals surface area contributed by atoms with Crippen molar-refractivity contribution in [1.82, 2.24) is 15.0 Å². The third-order valence-corrected chi connectivity index (χ3v) is 3.25. The van der Waals surface area contributed by atoms with Crippen LogP contribution < -0.4 is 4.74 Å².